The number of allylic oxidation sites excluding steroid dienone is 1. The number of β-amino-alcohol motifs (C(OH)–C–C–N with tert-alkyl or cyclic N) is 1. The highest BCUT2D eigenvalue weighted by molar-refractivity contribution is 5.99. The summed E-state index contributed by atoms with van der Waals surface area (Å²) >= 11 is 0. The maximum Gasteiger partial charge on any atom is 0.313 e. The Kier molecular flexibility index (Phi) is 8.18. The number of carbonyl (C=O) groups excluding carboxylic acids is 4. The number of aliphatic hydroxyl groups is 1. The highest BCUT2D eigenvalue weighted by Gasteiger charge is 2.71. The van der Waals surface area contributed by atoms with Crippen LogP contribution in [0.1, 0.15) is 56.6 Å². The fourth-order valence-corrected chi connectivity index (χ4v) is 7.49. The van der Waals surface area contributed by atoms with E-state index in [0.717, 1.165) is 32.1 Å². The van der Waals surface area contributed by atoms with Crippen molar-refractivity contribution < 1.29 is 33.8 Å². The molecule has 1 aromatic rings. The molecule has 5 aliphatic rings. The number of aliphatic hydroxyl groups excluding tert-OH is 1. The molecule has 3 amide bonds. The zero-order valence-corrected chi connectivity index (χ0v) is 23.7. The summed E-state index contributed by atoms with van der Waals surface area (Å²) in [7, 11) is 0. The van der Waals surface area contributed by atoms with Gasteiger partial charge in [0.1, 0.15) is 23.7 Å². The number of ether oxygens (including phenoxy) is 2. The van der Waals surface area contributed by atoms with Gasteiger partial charge in [-0.05, 0) is 24.8 Å². The molecule has 1 saturated carbocycles. The standard InChI is InChI=1S/C32H39N3O7/c36-19-18-35-28-30(39)34(22-12-5-2-6-13-22)17-9-16-32(28)27(29(35)38)26-23(42-32)14-7-8-15-25(37)33-20-24(41-31(26)40)21-10-3-1-4-11-21/h1,3-4,7,9-11,14,16,22-24,26-28,36H,2,5-6,8,12-13,15,17-20H2,(H,33,37)/b14-7-/t23-,24+,26+,27+,28-,32+/m1/s1. The topological polar surface area (TPSA) is 125 Å². The first kappa shape index (κ1) is 28.6. The molecule has 6 rings (SSSR count). The van der Waals surface area contributed by atoms with Crippen LogP contribution in [0.25, 0.3) is 0 Å². The number of carbonyl (C=O) groups is 4. The van der Waals surface area contributed by atoms with Crippen molar-refractivity contribution >= 4 is 23.7 Å². The zero-order valence-electron chi connectivity index (χ0n) is 23.7. The van der Waals surface area contributed by atoms with Crippen LogP contribution in [0.4, 0.5) is 0 Å². The third kappa shape index (κ3) is 5.04. The highest BCUT2D eigenvalue weighted by Crippen LogP contribution is 2.53. The van der Waals surface area contributed by atoms with Gasteiger partial charge in [0.15, 0.2) is 0 Å². The number of nitrogens with zero attached hydrogens (tertiary/aromatic N) is 2. The molecule has 4 aliphatic heterocycles. The van der Waals surface area contributed by atoms with Crippen molar-refractivity contribution in [2.75, 3.05) is 26.2 Å². The van der Waals surface area contributed by atoms with Crippen LogP contribution >= 0.6 is 0 Å². The van der Waals surface area contributed by atoms with Gasteiger partial charge in [0, 0.05) is 25.6 Å². The first-order valence-corrected chi connectivity index (χ1v) is 15.2. The molecule has 0 aromatic heterocycles. The van der Waals surface area contributed by atoms with Crippen LogP contribution in [0.2, 0.25) is 0 Å². The maximum absolute atomic E-state index is 14.3. The van der Waals surface area contributed by atoms with E-state index in [2.05, 4.69) is 5.32 Å². The number of cyclic esters (lactones) is 1. The van der Waals surface area contributed by atoms with Gasteiger partial charge < -0.3 is 29.7 Å². The number of rotatable bonds is 4. The smallest absolute Gasteiger partial charge is 0.313 e. The van der Waals surface area contributed by atoms with E-state index >= 15 is 0 Å². The average Bonchev–Trinajstić information content (AvgIpc) is 3.38. The van der Waals surface area contributed by atoms with Gasteiger partial charge in [0.2, 0.25) is 17.7 Å². The molecule has 1 aliphatic carbocycles. The molecule has 2 saturated heterocycles. The Morgan fingerprint density at radius 1 is 1.00 bits per heavy atom. The second-order valence-corrected chi connectivity index (χ2v) is 11.9. The Morgan fingerprint density at radius 2 is 1.79 bits per heavy atom. The van der Waals surface area contributed by atoms with Gasteiger partial charge in [-0.3, -0.25) is 19.2 Å². The molecule has 42 heavy (non-hydrogen) atoms. The molecule has 10 heteroatoms. The summed E-state index contributed by atoms with van der Waals surface area (Å²) in [6.07, 6.45) is 11.4. The second kappa shape index (κ2) is 12.0. The molecular weight excluding hydrogens is 538 g/mol. The SMILES string of the molecule is O=C1CC/C=C\[C@H]2O[C@]34C=CCN(C5CCCCC5)C(=O)[C@H]3N(CCO)C(=O)[C@@H]4[C@H]2C(=O)O[C@H](c2ccccc2)CN1. The van der Waals surface area contributed by atoms with Crippen LogP contribution in [-0.2, 0) is 28.7 Å². The summed E-state index contributed by atoms with van der Waals surface area (Å²) in [5.41, 5.74) is -0.670. The number of benzene rings is 1. The van der Waals surface area contributed by atoms with Crippen molar-refractivity contribution in [3.05, 3.63) is 60.2 Å². The summed E-state index contributed by atoms with van der Waals surface area (Å²) in [6, 6.07) is 8.25. The first-order chi connectivity index (χ1) is 20.4. The lowest BCUT2D eigenvalue weighted by Gasteiger charge is -2.39. The largest absolute Gasteiger partial charge is 0.455 e. The summed E-state index contributed by atoms with van der Waals surface area (Å²) in [5.74, 6) is -3.40. The van der Waals surface area contributed by atoms with Gasteiger partial charge in [-0.15, -0.1) is 0 Å². The number of hydrogen-bond donors (Lipinski definition) is 2. The van der Waals surface area contributed by atoms with Crippen molar-refractivity contribution in [1.29, 1.82) is 0 Å². The van der Waals surface area contributed by atoms with E-state index in [1.165, 1.54) is 4.90 Å². The number of nitrogens with one attached hydrogen (secondary N) is 1. The van der Waals surface area contributed by atoms with Crippen LogP contribution in [0.3, 0.4) is 0 Å². The molecular formula is C32H39N3O7. The fourth-order valence-electron chi connectivity index (χ4n) is 7.49. The lowest BCUT2D eigenvalue weighted by molar-refractivity contribution is -0.160. The van der Waals surface area contributed by atoms with Crippen molar-refractivity contribution in [3.8, 4) is 0 Å². The number of fused-ring (bicyclic) bond motifs is 2. The molecule has 2 N–H and O–H groups in total. The van der Waals surface area contributed by atoms with E-state index in [1.807, 2.05) is 47.4 Å². The molecule has 6 atom stereocenters. The van der Waals surface area contributed by atoms with E-state index in [4.69, 9.17) is 9.47 Å². The molecule has 3 fully saturated rings. The van der Waals surface area contributed by atoms with E-state index in [9.17, 15) is 24.3 Å². The van der Waals surface area contributed by atoms with Crippen molar-refractivity contribution in [1.82, 2.24) is 15.1 Å². The number of amides is 3. The van der Waals surface area contributed by atoms with Gasteiger partial charge in [0.25, 0.3) is 0 Å². The van der Waals surface area contributed by atoms with Crippen LogP contribution in [0.5, 0.6) is 0 Å². The summed E-state index contributed by atoms with van der Waals surface area (Å²) in [5, 5.41) is 12.8. The Hall–Kier alpha value is -3.50. The molecule has 1 spiro atoms. The van der Waals surface area contributed by atoms with Gasteiger partial charge in [-0.1, -0.05) is 73.9 Å². The molecule has 0 unspecified atom stereocenters. The van der Waals surface area contributed by atoms with Crippen LogP contribution in [-0.4, -0.2) is 88.6 Å². The number of hydrogen-bond acceptors (Lipinski definition) is 7. The molecule has 4 heterocycles. The zero-order chi connectivity index (χ0) is 29.3. The van der Waals surface area contributed by atoms with Crippen LogP contribution in [0.15, 0.2) is 54.6 Å². The summed E-state index contributed by atoms with van der Waals surface area (Å²) in [6.45, 7) is 0.136. The molecule has 0 bridgehead atoms. The van der Waals surface area contributed by atoms with Crippen LogP contribution < -0.4 is 5.32 Å². The normalized spacial score (nSPS) is 34.8. The Morgan fingerprint density at radius 3 is 2.55 bits per heavy atom. The minimum absolute atomic E-state index is 0.0376. The Balaban J connectivity index is 1.39. The monoisotopic (exact) mass is 577 g/mol. The van der Waals surface area contributed by atoms with E-state index < -0.39 is 47.6 Å². The molecule has 10 nitrogen and oxygen atoms in total. The molecule has 224 valence electrons. The minimum atomic E-state index is -1.39. The lowest BCUT2D eigenvalue weighted by Crippen LogP contribution is -2.57. The molecule has 1 aromatic carbocycles. The van der Waals surface area contributed by atoms with Gasteiger partial charge in [-0.2, -0.15) is 0 Å². The fraction of sp³-hybridized carbons (Fsp3) is 0.562. The summed E-state index contributed by atoms with van der Waals surface area (Å²) < 4.78 is 12.8. The van der Waals surface area contributed by atoms with E-state index in [1.54, 1.807) is 12.2 Å². The quantitative estimate of drug-likeness (QED) is 0.415. The predicted octanol–water partition coefficient (Wildman–Crippen LogP) is 2.04. The van der Waals surface area contributed by atoms with Crippen LogP contribution in [0, 0.1) is 11.8 Å². The van der Waals surface area contributed by atoms with Gasteiger partial charge in [-0.25, -0.2) is 0 Å². The van der Waals surface area contributed by atoms with Crippen molar-refractivity contribution in [2.24, 2.45) is 11.8 Å². The van der Waals surface area contributed by atoms with Gasteiger partial charge in [0.05, 0.1) is 25.2 Å². The number of likely N-dealkylation sites (tertiary alicyclic amines) is 1. The maximum atomic E-state index is 14.3. The first-order valence-electron chi connectivity index (χ1n) is 15.2. The summed E-state index contributed by atoms with van der Waals surface area (Å²) in [4.78, 5) is 58.4. The highest BCUT2D eigenvalue weighted by atomic mass is 16.6. The Bertz CT molecular complexity index is 1260. The third-order valence-electron chi connectivity index (χ3n) is 9.43. The Labute approximate surface area is 245 Å². The van der Waals surface area contributed by atoms with E-state index in [-0.39, 0.29) is 44.0 Å². The van der Waals surface area contributed by atoms with Crippen molar-refractivity contribution in [2.45, 2.75) is 74.8 Å². The third-order valence-corrected chi connectivity index (χ3v) is 9.43. The van der Waals surface area contributed by atoms with Gasteiger partial charge >= 0.3 is 5.97 Å². The molecule has 0 radical (unpaired) electrons. The van der Waals surface area contributed by atoms with E-state index in [0.29, 0.717) is 18.5 Å². The minimum Gasteiger partial charge on any atom is -0.455 e. The predicted molar refractivity (Wildman–Crippen MR) is 152 cm³/mol. The second-order valence-electron chi connectivity index (χ2n) is 11.9. The number of esters is 1. The lowest BCUT2D eigenvalue weighted by atomic mass is 9.77. The van der Waals surface area contributed by atoms with Crippen molar-refractivity contribution in [3.63, 3.8) is 0 Å². The average molecular weight is 578 g/mol.